The summed E-state index contributed by atoms with van der Waals surface area (Å²) in [7, 11) is 0. The van der Waals surface area contributed by atoms with Crippen LogP contribution < -0.4 is 10.6 Å². The zero-order valence-corrected chi connectivity index (χ0v) is 12.3. The van der Waals surface area contributed by atoms with Crippen molar-refractivity contribution in [2.75, 3.05) is 10.6 Å². The fraction of sp³-hybridized carbons (Fsp3) is 0.125. The Balaban J connectivity index is 1.75. The van der Waals surface area contributed by atoms with Gasteiger partial charge in [-0.25, -0.2) is 13.8 Å². The van der Waals surface area contributed by atoms with Gasteiger partial charge in [0.1, 0.15) is 11.6 Å². The molecule has 3 rings (SSSR count). The lowest BCUT2D eigenvalue weighted by Crippen LogP contribution is -2.05. The molecule has 3 aromatic rings. The highest BCUT2D eigenvalue weighted by molar-refractivity contribution is 5.55. The van der Waals surface area contributed by atoms with Gasteiger partial charge in [0.2, 0.25) is 5.95 Å². The van der Waals surface area contributed by atoms with Crippen molar-refractivity contribution in [1.82, 2.24) is 9.97 Å². The number of anilines is 3. The summed E-state index contributed by atoms with van der Waals surface area (Å²) in [4.78, 5) is 8.51. The Bertz CT molecular complexity index is 806. The number of hydrogen-bond donors (Lipinski definition) is 2. The SMILES string of the molecule is Cc1cc(NCc2ccco2)nc(Nc2ccc(F)c(F)c2)n1. The summed E-state index contributed by atoms with van der Waals surface area (Å²) in [6.45, 7) is 2.30. The third kappa shape index (κ3) is 3.82. The molecule has 0 bridgehead atoms. The number of furan rings is 1. The Kier molecular flexibility index (Phi) is 4.18. The Morgan fingerprint density at radius 1 is 1.09 bits per heavy atom. The van der Waals surface area contributed by atoms with E-state index in [2.05, 4.69) is 20.6 Å². The molecule has 7 heteroatoms. The molecule has 0 fully saturated rings. The van der Waals surface area contributed by atoms with Crippen LogP contribution in [0.1, 0.15) is 11.5 Å². The molecule has 0 atom stereocenters. The minimum absolute atomic E-state index is 0.290. The standard InChI is InChI=1S/C16H14F2N4O/c1-10-7-15(19-9-12-3-2-6-23-12)22-16(20-10)21-11-4-5-13(17)14(18)8-11/h2-8H,9H2,1H3,(H2,19,20,21,22). The summed E-state index contributed by atoms with van der Waals surface area (Å²) in [5.74, 6) is -0.173. The Labute approximate surface area is 131 Å². The first-order chi connectivity index (χ1) is 11.1. The molecule has 23 heavy (non-hydrogen) atoms. The normalized spacial score (nSPS) is 10.6. The van der Waals surface area contributed by atoms with E-state index in [-0.39, 0.29) is 5.95 Å². The van der Waals surface area contributed by atoms with Gasteiger partial charge >= 0.3 is 0 Å². The fourth-order valence-electron chi connectivity index (χ4n) is 2.01. The lowest BCUT2D eigenvalue weighted by molar-refractivity contribution is 0.509. The van der Waals surface area contributed by atoms with E-state index in [0.29, 0.717) is 18.1 Å². The van der Waals surface area contributed by atoms with Crippen LogP contribution in [0.5, 0.6) is 0 Å². The first-order valence-corrected chi connectivity index (χ1v) is 6.94. The van der Waals surface area contributed by atoms with Crippen LogP contribution in [0.4, 0.5) is 26.2 Å². The van der Waals surface area contributed by atoms with Gasteiger partial charge in [-0.05, 0) is 31.2 Å². The van der Waals surface area contributed by atoms with E-state index >= 15 is 0 Å². The number of halogens is 2. The molecule has 0 unspecified atom stereocenters. The van der Waals surface area contributed by atoms with Crippen molar-refractivity contribution in [1.29, 1.82) is 0 Å². The van der Waals surface area contributed by atoms with Gasteiger partial charge in [-0.1, -0.05) is 0 Å². The summed E-state index contributed by atoms with van der Waals surface area (Å²) < 4.78 is 31.4. The van der Waals surface area contributed by atoms with Gasteiger partial charge in [0.15, 0.2) is 11.6 Å². The average molecular weight is 316 g/mol. The van der Waals surface area contributed by atoms with Crippen molar-refractivity contribution in [3.63, 3.8) is 0 Å². The van der Waals surface area contributed by atoms with Crippen LogP contribution in [0.25, 0.3) is 0 Å². The van der Waals surface area contributed by atoms with Crippen molar-refractivity contribution < 1.29 is 13.2 Å². The molecule has 0 aliphatic heterocycles. The molecule has 2 heterocycles. The average Bonchev–Trinajstić information content (AvgIpc) is 3.02. The zero-order valence-electron chi connectivity index (χ0n) is 12.3. The van der Waals surface area contributed by atoms with E-state index in [0.717, 1.165) is 23.6 Å². The van der Waals surface area contributed by atoms with E-state index in [1.165, 1.54) is 6.07 Å². The van der Waals surface area contributed by atoms with Gasteiger partial charge in [-0.15, -0.1) is 0 Å². The molecule has 2 aromatic heterocycles. The highest BCUT2D eigenvalue weighted by atomic mass is 19.2. The van der Waals surface area contributed by atoms with Gasteiger partial charge < -0.3 is 15.1 Å². The van der Waals surface area contributed by atoms with E-state index in [9.17, 15) is 8.78 Å². The fourth-order valence-corrected chi connectivity index (χ4v) is 2.01. The quantitative estimate of drug-likeness (QED) is 0.744. The van der Waals surface area contributed by atoms with Crippen LogP contribution in [-0.2, 0) is 6.54 Å². The first-order valence-electron chi connectivity index (χ1n) is 6.94. The second-order valence-corrected chi connectivity index (χ2v) is 4.90. The summed E-state index contributed by atoms with van der Waals surface area (Å²) in [5, 5.41) is 5.97. The molecule has 0 saturated heterocycles. The highest BCUT2D eigenvalue weighted by Crippen LogP contribution is 2.18. The molecule has 0 saturated carbocycles. The predicted octanol–water partition coefficient (Wildman–Crippen LogP) is 4.01. The second-order valence-electron chi connectivity index (χ2n) is 4.90. The third-order valence-electron chi connectivity index (χ3n) is 3.05. The van der Waals surface area contributed by atoms with Gasteiger partial charge in [0, 0.05) is 23.5 Å². The number of rotatable bonds is 5. The van der Waals surface area contributed by atoms with Gasteiger partial charge in [-0.3, -0.25) is 0 Å². The van der Waals surface area contributed by atoms with Crippen LogP contribution in [0.3, 0.4) is 0 Å². The number of nitrogens with one attached hydrogen (secondary N) is 2. The van der Waals surface area contributed by atoms with Crippen molar-refractivity contribution in [2.24, 2.45) is 0 Å². The van der Waals surface area contributed by atoms with E-state index in [1.807, 2.05) is 13.0 Å². The number of nitrogens with zero attached hydrogens (tertiary/aromatic N) is 2. The topological polar surface area (TPSA) is 63.0 Å². The van der Waals surface area contributed by atoms with Crippen molar-refractivity contribution in [3.8, 4) is 0 Å². The van der Waals surface area contributed by atoms with Gasteiger partial charge in [0.25, 0.3) is 0 Å². The molecule has 0 radical (unpaired) electrons. The van der Waals surface area contributed by atoms with Crippen molar-refractivity contribution >= 4 is 17.5 Å². The number of aryl methyl sites for hydroxylation is 1. The van der Waals surface area contributed by atoms with Crippen LogP contribution >= 0.6 is 0 Å². The Morgan fingerprint density at radius 2 is 1.96 bits per heavy atom. The largest absolute Gasteiger partial charge is 0.467 e. The maximum Gasteiger partial charge on any atom is 0.229 e. The van der Waals surface area contributed by atoms with E-state index < -0.39 is 11.6 Å². The van der Waals surface area contributed by atoms with Crippen LogP contribution in [0, 0.1) is 18.6 Å². The van der Waals surface area contributed by atoms with Crippen LogP contribution in [-0.4, -0.2) is 9.97 Å². The maximum atomic E-state index is 13.2. The Hall–Kier alpha value is -2.96. The molecule has 2 N–H and O–H groups in total. The number of hydrogen-bond acceptors (Lipinski definition) is 5. The zero-order chi connectivity index (χ0) is 16.2. The molecule has 0 spiro atoms. The lowest BCUT2D eigenvalue weighted by atomic mass is 10.3. The summed E-state index contributed by atoms with van der Waals surface area (Å²) in [6.07, 6.45) is 1.60. The van der Waals surface area contributed by atoms with Crippen LogP contribution in [0.15, 0.2) is 47.1 Å². The minimum Gasteiger partial charge on any atom is -0.467 e. The molecule has 0 aliphatic carbocycles. The second kappa shape index (κ2) is 6.43. The molecular formula is C16H14F2N4O. The van der Waals surface area contributed by atoms with Gasteiger partial charge in [0.05, 0.1) is 12.8 Å². The van der Waals surface area contributed by atoms with Crippen molar-refractivity contribution in [2.45, 2.75) is 13.5 Å². The first kappa shape index (κ1) is 15.0. The molecule has 0 aliphatic rings. The molecule has 118 valence electrons. The highest BCUT2D eigenvalue weighted by Gasteiger charge is 2.06. The van der Waals surface area contributed by atoms with E-state index in [4.69, 9.17) is 4.42 Å². The van der Waals surface area contributed by atoms with Crippen molar-refractivity contribution in [3.05, 3.63) is 65.7 Å². The number of aromatic nitrogens is 2. The molecule has 0 amide bonds. The van der Waals surface area contributed by atoms with E-state index in [1.54, 1.807) is 18.4 Å². The predicted molar refractivity (Wildman–Crippen MR) is 82.4 cm³/mol. The molecular weight excluding hydrogens is 302 g/mol. The van der Waals surface area contributed by atoms with Gasteiger partial charge in [-0.2, -0.15) is 4.98 Å². The Morgan fingerprint density at radius 3 is 2.70 bits per heavy atom. The monoisotopic (exact) mass is 316 g/mol. The maximum absolute atomic E-state index is 13.2. The summed E-state index contributed by atoms with van der Waals surface area (Å²) in [5.41, 5.74) is 1.10. The summed E-state index contributed by atoms with van der Waals surface area (Å²) in [6, 6.07) is 8.94. The number of benzene rings is 1. The van der Waals surface area contributed by atoms with Crippen LogP contribution in [0.2, 0.25) is 0 Å². The smallest absolute Gasteiger partial charge is 0.229 e. The summed E-state index contributed by atoms with van der Waals surface area (Å²) >= 11 is 0. The third-order valence-corrected chi connectivity index (χ3v) is 3.05. The molecule has 5 nitrogen and oxygen atoms in total. The molecule has 1 aromatic carbocycles. The minimum atomic E-state index is -0.932. The lowest BCUT2D eigenvalue weighted by Gasteiger charge is -2.09.